The smallest absolute Gasteiger partial charge is 0.398 e. The van der Waals surface area contributed by atoms with Gasteiger partial charge in [-0.25, -0.2) is 4.98 Å². The Morgan fingerprint density at radius 3 is 2.39 bits per heavy atom. The van der Waals surface area contributed by atoms with Crippen LogP contribution in [0, 0.1) is 6.92 Å². The molecule has 1 aromatic heterocycles. The number of nitrogens with two attached hydrogens (primary N) is 1. The topological polar surface area (TPSA) is 38.9 Å². The quantitative estimate of drug-likeness (QED) is 0.779. The van der Waals surface area contributed by atoms with Crippen LogP contribution in [0.1, 0.15) is 11.3 Å². The van der Waals surface area contributed by atoms with E-state index in [1.807, 2.05) is 0 Å². The molecule has 2 nitrogen and oxygen atoms in total. The summed E-state index contributed by atoms with van der Waals surface area (Å²) < 4.78 is 38.3. The van der Waals surface area contributed by atoms with E-state index in [1.54, 1.807) is 0 Å². The van der Waals surface area contributed by atoms with Crippen molar-refractivity contribution in [3.63, 3.8) is 0 Å². The second-order valence-electron chi connectivity index (χ2n) is 3.78. The van der Waals surface area contributed by atoms with Crippen molar-refractivity contribution in [3.05, 3.63) is 33.4 Å². The van der Waals surface area contributed by atoms with Crippen molar-refractivity contribution in [1.29, 1.82) is 0 Å². The first-order valence-corrected chi connectivity index (χ1v) is 5.59. The zero-order chi connectivity index (χ0) is 13.7. The second kappa shape index (κ2) is 4.17. The molecule has 0 saturated carbocycles. The Balaban J connectivity index is 2.93. The molecule has 1 heterocycles. The summed E-state index contributed by atoms with van der Waals surface area (Å²) >= 11 is 11.7. The summed E-state index contributed by atoms with van der Waals surface area (Å²) in [6, 6.07) is 2.71. The van der Waals surface area contributed by atoms with Gasteiger partial charge in [0, 0.05) is 21.7 Å². The van der Waals surface area contributed by atoms with E-state index >= 15 is 0 Å². The summed E-state index contributed by atoms with van der Waals surface area (Å²) in [6.45, 7) is 1.26. The van der Waals surface area contributed by atoms with E-state index in [-0.39, 0.29) is 32.2 Å². The van der Waals surface area contributed by atoms with Gasteiger partial charge in [-0.2, -0.15) is 13.2 Å². The fraction of sp³-hybridized carbons (Fsp3) is 0.182. The van der Waals surface area contributed by atoms with Crippen LogP contribution < -0.4 is 5.73 Å². The number of pyridine rings is 1. The minimum absolute atomic E-state index is 0.0305. The molecule has 0 bridgehead atoms. The molecule has 0 amide bonds. The van der Waals surface area contributed by atoms with Gasteiger partial charge in [0.25, 0.3) is 0 Å². The van der Waals surface area contributed by atoms with Crippen LogP contribution in [0.25, 0.3) is 10.9 Å². The van der Waals surface area contributed by atoms with E-state index in [0.717, 1.165) is 0 Å². The molecule has 0 unspecified atom stereocenters. The van der Waals surface area contributed by atoms with Crippen LogP contribution in [0.2, 0.25) is 10.0 Å². The molecule has 0 spiro atoms. The van der Waals surface area contributed by atoms with Crippen molar-refractivity contribution >= 4 is 39.8 Å². The maximum absolute atomic E-state index is 12.8. The number of aromatic nitrogens is 1. The summed E-state index contributed by atoms with van der Waals surface area (Å²) in [5.74, 6) is 0. The maximum atomic E-state index is 12.8. The molecule has 2 aromatic rings. The van der Waals surface area contributed by atoms with Crippen molar-refractivity contribution in [3.8, 4) is 0 Å². The van der Waals surface area contributed by atoms with Crippen LogP contribution in [0.3, 0.4) is 0 Å². The van der Waals surface area contributed by atoms with Crippen molar-refractivity contribution in [1.82, 2.24) is 4.98 Å². The Hall–Kier alpha value is -1.20. The fourth-order valence-corrected chi connectivity index (χ4v) is 2.29. The number of halogens is 5. The average Bonchev–Trinajstić information content (AvgIpc) is 2.20. The van der Waals surface area contributed by atoms with Crippen molar-refractivity contribution in [2.75, 3.05) is 5.73 Å². The van der Waals surface area contributed by atoms with Crippen LogP contribution in [0.4, 0.5) is 18.9 Å². The predicted molar refractivity (Wildman–Crippen MR) is 65.9 cm³/mol. The Morgan fingerprint density at radius 2 is 1.83 bits per heavy atom. The molecule has 0 aliphatic heterocycles. The van der Waals surface area contributed by atoms with Crippen LogP contribution in [0.15, 0.2) is 12.1 Å². The Kier molecular flexibility index (Phi) is 3.07. The van der Waals surface area contributed by atoms with Gasteiger partial charge in [-0.1, -0.05) is 23.2 Å². The van der Waals surface area contributed by atoms with Crippen molar-refractivity contribution < 1.29 is 13.2 Å². The standard InChI is InChI=1S/C11H7Cl2F3N2/c1-4-9(17)8-6(13)2-5(12)3-7(8)18-10(4)11(14,15)16/h2-3H,1H3,(H2,17,18). The molecule has 18 heavy (non-hydrogen) atoms. The monoisotopic (exact) mass is 294 g/mol. The molecule has 0 aliphatic carbocycles. The van der Waals surface area contributed by atoms with Crippen LogP contribution in [0.5, 0.6) is 0 Å². The van der Waals surface area contributed by atoms with Gasteiger partial charge in [0.15, 0.2) is 0 Å². The molecular weight excluding hydrogens is 288 g/mol. The highest BCUT2D eigenvalue weighted by atomic mass is 35.5. The average molecular weight is 295 g/mol. The van der Waals surface area contributed by atoms with E-state index in [4.69, 9.17) is 28.9 Å². The summed E-state index contributed by atoms with van der Waals surface area (Å²) in [5.41, 5.74) is 4.53. The molecule has 2 rings (SSSR count). The molecular formula is C11H7Cl2F3N2. The van der Waals surface area contributed by atoms with Crippen LogP contribution in [-0.2, 0) is 6.18 Å². The summed E-state index contributed by atoms with van der Waals surface area (Å²) in [7, 11) is 0. The van der Waals surface area contributed by atoms with Crippen molar-refractivity contribution in [2.45, 2.75) is 13.1 Å². The zero-order valence-electron chi connectivity index (χ0n) is 9.07. The van der Waals surface area contributed by atoms with Gasteiger partial charge in [-0.05, 0) is 19.1 Å². The summed E-state index contributed by atoms with van der Waals surface area (Å²) in [4.78, 5) is 3.55. The number of nitrogen functional groups attached to an aromatic ring is 1. The number of benzene rings is 1. The first kappa shape index (κ1) is 13.2. The number of fused-ring (bicyclic) bond motifs is 1. The minimum Gasteiger partial charge on any atom is -0.398 e. The zero-order valence-corrected chi connectivity index (χ0v) is 10.6. The van der Waals surface area contributed by atoms with E-state index in [2.05, 4.69) is 4.98 Å². The van der Waals surface area contributed by atoms with Gasteiger partial charge >= 0.3 is 6.18 Å². The number of hydrogen-bond donors (Lipinski definition) is 1. The normalized spacial score (nSPS) is 12.1. The second-order valence-corrected chi connectivity index (χ2v) is 4.62. The third-order valence-electron chi connectivity index (χ3n) is 2.56. The number of nitrogens with zero attached hydrogens (tertiary/aromatic N) is 1. The highest BCUT2D eigenvalue weighted by Crippen LogP contribution is 2.38. The Morgan fingerprint density at radius 1 is 1.22 bits per heavy atom. The lowest BCUT2D eigenvalue weighted by atomic mass is 10.1. The lowest BCUT2D eigenvalue weighted by Gasteiger charge is -2.14. The third kappa shape index (κ3) is 2.08. The molecule has 0 radical (unpaired) electrons. The number of hydrogen-bond acceptors (Lipinski definition) is 2. The Labute approximate surface area is 111 Å². The molecule has 1 aromatic carbocycles. The summed E-state index contributed by atoms with van der Waals surface area (Å²) in [5, 5.41) is 0.669. The first-order valence-electron chi connectivity index (χ1n) is 4.84. The highest BCUT2D eigenvalue weighted by molar-refractivity contribution is 6.39. The van der Waals surface area contributed by atoms with Crippen molar-refractivity contribution in [2.24, 2.45) is 0 Å². The van der Waals surface area contributed by atoms with Gasteiger partial charge in [0.1, 0.15) is 5.69 Å². The predicted octanol–water partition coefficient (Wildman–Crippen LogP) is 4.45. The largest absolute Gasteiger partial charge is 0.433 e. The molecule has 7 heteroatoms. The van der Waals surface area contributed by atoms with E-state index < -0.39 is 11.9 Å². The van der Waals surface area contributed by atoms with Gasteiger partial charge in [-0.15, -0.1) is 0 Å². The van der Waals surface area contributed by atoms with E-state index in [0.29, 0.717) is 0 Å². The van der Waals surface area contributed by atoms with Gasteiger partial charge in [-0.3, -0.25) is 0 Å². The lowest BCUT2D eigenvalue weighted by Crippen LogP contribution is -2.12. The van der Waals surface area contributed by atoms with E-state index in [1.165, 1.54) is 19.1 Å². The van der Waals surface area contributed by atoms with Gasteiger partial charge in [0.05, 0.1) is 10.5 Å². The van der Waals surface area contributed by atoms with E-state index in [9.17, 15) is 13.2 Å². The number of alkyl halides is 3. The third-order valence-corrected chi connectivity index (χ3v) is 3.08. The molecule has 0 fully saturated rings. The Bertz CT molecular complexity index is 638. The van der Waals surface area contributed by atoms with Gasteiger partial charge < -0.3 is 5.73 Å². The molecule has 96 valence electrons. The lowest BCUT2D eigenvalue weighted by molar-refractivity contribution is -0.141. The van der Waals surface area contributed by atoms with Crippen LogP contribution >= 0.6 is 23.2 Å². The first-order chi connectivity index (χ1) is 8.21. The molecule has 0 saturated heterocycles. The minimum atomic E-state index is -4.57. The molecule has 2 N–H and O–H groups in total. The van der Waals surface area contributed by atoms with Crippen LogP contribution in [-0.4, -0.2) is 4.98 Å². The molecule has 0 aliphatic rings. The summed E-state index contributed by atoms with van der Waals surface area (Å²) in [6.07, 6.45) is -4.57. The number of rotatable bonds is 0. The number of anilines is 1. The maximum Gasteiger partial charge on any atom is 0.433 e. The molecule has 0 atom stereocenters. The van der Waals surface area contributed by atoms with Gasteiger partial charge in [0.2, 0.25) is 0 Å². The fourth-order valence-electron chi connectivity index (χ4n) is 1.71. The SMILES string of the molecule is Cc1c(C(F)(F)F)nc2cc(Cl)cc(Cl)c2c1N. The highest BCUT2D eigenvalue weighted by Gasteiger charge is 2.36.